The zero-order valence-electron chi connectivity index (χ0n) is 14.5. The average Bonchev–Trinajstić information content (AvgIpc) is 3.48. The summed E-state index contributed by atoms with van der Waals surface area (Å²) in [5, 5.41) is -0.232. The standard InChI is InChI=1S/C19H23NO4S/c1-23-17-7-3-15(4-8-17)13-20(25(21,22)19-11-12-19)14-16-5-9-18(24-2)10-6-16/h3-10,19H,11-14H2,1-2H3. The van der Waals surface area contributed by atoms with E-state index in [1.807, 2.05) is 48.5 Å². The van der Waals surface area contributed by atoms with Gasteiger partial charge in [-0.15, -0.1) is 0 Å². The predicted molar refractivity (Wildman–Crippen MR) is 97.2 cm³/mol. The lowest BCUT2D eigenvalue weighted by Crippen LogP contribution is -2.32. The number of rotatable bonds is 8. The van der Waals surface area contributed by atoms with Crippen LogP contribution in [0.1, 0.15) is 24.0 Å². The maximum absolute atomic E-state index is 12.8. The largest absolute Gasteiger partial charge is 0.497 e. The first kappa shape index (κ1) is 17.8. The molecule has 134 valence electrons. The zero-order valence-corrected chi connectivity index (χ0v) is 15.3. The summed E-state index contributed by atoms with van der Waals surface area (Å²) < 4.78 is 37.6. The van der Waals surface area contributed by atoms with E-state index in [1.54, 1.807) is 18.5 Å². The summed E-state index contributed by atoms with van der Waals surface area (Å²) in [6.45, 7) is 0.712. The van der Waals surface area contributed by atoms with E-state index in [1.165, 1.54) is 0 Å². The van der Waals surface area contributed by atoms with Crippen LogP contribution in [-0.4, -0.2) is 32.2 Å². The summed E-state index contributed by atoms with van der Waals surface area (Å²) in [4.78, 5) is 0. The maximum Gasteiger partial charge on any atom is 0.217 e. The molecule has 0 amide bonds. The van der Waals surface area contributed by atoms with Crippen molar-refractivity contribution in [3.63, 3.8) is 0 Å². The molecule has 1 aliphatic rings. The van der Waals surface area contributed by atoms with Crippen LogP contribution in [0.4, 0.5) is 0 Å². The lowest BCUT2D eigenvalue weighted by Gasteiger charge is -2.22. The molecule has 0 N–H and O–H groups in total. The third kappa shape index (κ3) is 4.32. The van der Waals surface area contributed by atoms with Gasteiger partial charge in [0.25, 0.3) is 0 Å². The van der Waals surface area contributed by atoms with Crippen LogP contribution >= 0.6 is 0 Å². The fourth-order valence-electron chi connectivity index (χ4n) is 2.68. The van der Waals surface area contributed by atoms with Gasteiger partial charge >= 0.3 is 0 Å². The van der Waals surface area contributed by atoms with Crippen LogP contribution in [0.5, 0.6) is 11.5 Å². The van der Waals surface area contributed by atoms with Gasteiger partial charge in [-0.05, 0) is 48.2 Å². The number of benzene rings is 2. The van der Waals surface area contributed by atoms with Crippen LogP contribution in [0.3, 0.4) is 0 Å². The fourth-order valence-corrected chi connectivity index (χ4v) is 4.49. The summed E-state index contributed by atoms with van der Waals surface area (Å²) in [6, 6.07) is 15.0. The summed E-state index contributed by atoms with van der Waals surface area (Å²) >= 11 is 0. The monoisotopic (exact) mass is 361 g/mol. The van der Waals surface area contributed by atoms with Crippen molar-refractivity contribution in [3.8, 4) is 11.5 Å². The van der Waals surface area contributed by atoms with E-state index in [0.29, 0.717) is 13.1 Å². The summed E-state index contributed by atoms with van der Waals surface area (Å²) in [5.41, 5.74) is 1.89. The van der Waals surface area contributed by atoms with Gasteiger partial charge in [-0.1, -0.05) is 24.3 Å². The van der Waals surface area contributed by atoms with E-state index >= 15 is 0 Å². The van der Waals surface area contributed by atoms with Gasteiger partial charge in [-0.3, -0.25) is 0 Å². The Labute approximate surface area is 149 Å². The molecule has 0 aliphatic heterocycles. The van der Waals surface area contributed by atoms with E-state index in [9.17, 15) is 8.42 Å². The molecule has 3 rings (SSSR count). The van der Waals surface area contributed by atoms with E-state index in [4.69, 9.17) is 9.47 Å². The Kier molecular flexibility index (Phi) is 5.30. The highest BCUT2D eigenvalue weighted by atomic mass is 32.2. The fraction of sp³-hybridized carbons (Fsp3) is 0.368. The molecule has 0 heterocycles. The van der Waals surface area contributed by atoms with Crippen molar-refractivity contribution in [1.82, 2.24) is 4.31 Å². The molecule has 0 unspecified atom stereocenters. The SMILES string of the molecule is COc1ccc(CN(Cc2ccc(OC)cc2)S(=O)(=O)C2CC2)cc1. The quantitative estimate of drug-likeness (QED) is 0.724. The Hall–Kier alpha value is -2.05. The van der Waals surface area contributed by atoms with Gasteiger partial charge in [0.2, 0.25) is 10.0 Å². The van der Waals surface area contributed by atoms with Crippen molar-refractivity contribution >= 4 is 10.0 Å². The second-order valence-corrected chi connectivity index (χ2v) is 8.42. The number of hydrogen-bond acceptors (Lipinski definition) is 4. The Morgan fingerprint density at radius 2 is 1.24 bits per heavy atom. The van der Waals surface area contributed by atoms with Crippen LogP contribution in [0, 0.1) is 0 Å². The van der Waals surface area contributed by atoms with Crippen LogP contribution in [-0.2, 0) is 23.1 Å². The van der Waals surface area contributed by atoms with Crippen molar-refractivity contribution in [1.29, 1.82) is 0 Å². The first-order valence-electron chi connectivity index (χ1n) is 8.28. The minimum atomic E-state index is -3.28. The van der Waals surface area contributed by atoms with Gasteiger partial charge in [0.15, 0.2) is 0 Å². The topological polar surface area (TPSA) is 55.8 Å². The molecule has 2 aromatic rings. The Bertz CT molecular complexity index is 747. The lowest BCUT2D eigenvalue weighted by molar-refractivity contribution is 0.397. The molecule has 25 heavy (non-hydrogen) atoms. The van der Waals surface area contributed by atoms with Crippen molar-refractivity contribution in [2.45, 2.75) is 31.2 Å². The maximum atomic E-state index is 12.8. The number of nitrogens with zero attached hydrogens (tertiary/aromatic N) is 1. The van der Waals surface area contributed by atoms with E-state index in [-0.39, 0.29) is 5.25 Å². The molecule has 1 fully saturated rings. The molecule has 6 heteroatoms. The molecule has 0 atom stereocenters. The van der Waals surface area contributed by atoms with Crippen LogP contribution < -0.4 is 9.47 Å². The predicted octanol–water partition coefficient (Wildman–Crippen LogP) is 3.20. The minimum absolute atomic E-state index is 0.232. The van der Waals surface area contributed by atoms with Crippen molar-refractivity contribution in [2.75, 3.05) is 14.2 Å². The number of methoxy groups -OCH3 is 2. The number of hydrogen-bond donors (Lipinski definition) is 0. The molecular formula is C19H23NO4S. The van der Waals surface area contributed by atoms with Gasteiger partial charge in [-0.2, -0.15) is 4.31 Å². The van der Waals surface area contributed by atoms with Crippen molar-refractivity contribution in [3.05, 3.63) is 59.7 Å². The number of ether oxygens (including phenoxy) is 2. The van der Waals surface area contributed by atoms with Crippen LogP contribution in [0.25, 0.3) is 0 Å². The summed E-state index contributed by atoms with van der Waals surface area (Å²) in [6.07, 6.45) is 1.51. The average molecular weight is 361 g/mol. The highest BCUT2D eigenvalue weighted by molar-refractivity contribution is 7.90. The van der Waals surface area contributed by atoms with Gasteiger partial charge in [0, 0.05) is 13.1 Å². The van der Waals surface area contributed by atoms with Crippen LogP contribution in [0.2, 0.25) is 0 Å². The second-order valence-electron chi connectivity index (χ2n) is 6.21. The lowest BCUT2D eigenvalue weighted by atomic mass is 10.2. The summed E-state index contributed by atoms with van der Waals surface area (Å²) in [5.74, 6) is 1.52. The highest BCUT2D eigenvalue weighted by Gasteiger charge is 2.40. The van der Waals surface area contributed by atoms with Crippen molar-refractivity contribution < 1.29 is 17.9 Å². The van der Waals surface area contributed by atoms with E-state index in [0.717, 1.165) is 35.5 Å². The minimum Gasteiger partial charge on any atom is -0.497 e. The third-order valence-corrected chi connectivity index (χ3v) is 6.63. The first-order chi connectivity index (χ1) is 12.0. The molecule has 0 saturated heterocycles. The van der Waals surface area contributed by atoms with E-state index in [2.05, 4.69) is 0 Å². The smallest absolute Gasteiger partial charge is 0.217 e. The highest BCUT2D eigenvalue weighted by Crippen LogP contribution is 2.33. The number of sulfonamides is 1. The molecular weight excluding hydrogens is 338 g/mol. The van der Waals surface area contributed by atoms with Gasteiger partial charge in [-0.25, -0.2) is 8.42 Å². The van der Waals surface area contributed by atoms with Gasteiger partial charge in [0.05, 0.1) is 19.5 Å². The molecule has 0 bridgehead atoms. The van der Waals surface area contributed by atoms with Gasteiger partial charge in [0.1, 0.15) is 11.5 Å². The zero-order chi connectivity index (χ0) is 17.9. The molecule has 2 aromatic carbocycles. The Morgan fingerprint density at radius 1 is 0.840 bits per heavy atom. The van der Waals surface area contributed by atoms with E-state index < -0.39 is 10.0 Å². The van der Waals surface area contributed by atoms with Crippen molar-refractivity contribution in [2.24, 2.45) is 0 Å². The molecule has 0 spiro atoms. The molecule has 5 nitrogen and oxygen atoms in total. The Balaban J connectivity index is 1.81. The molecule has 1 saturated carbocycles. The normalized spacial score (nSPS) is 14.5. The third-order valence-electron chi connectivity index (χ3n) is 4.34. The van der Waals surface area contributed by atoms with Crippen LogP contribution in [0.15, 0.2) is 48.5 Å². The molecule has 1 aliphatic carbocycles. The summed E-state index contributed by atoms with van der Waals surface area (Å²) in [7, 11) is -0.0575. The first-order valence-corrected chi connectivity index (χ1v) is 9.78. The molecule has 0 radical (unpaired) electrons. The van der Waals surface area contributed by atoms with Gasteiger partial charge < -0.3 is 9.47 Å². The Morgan fingerprint density at radius 3 is 1.56 bits per heavy atom. The molecule has 0 aromatic heterocycles. The second kappa shape index (κ2) is 7.45.